The summed E-state index contributed by atoms with van der Waals surface area (Å²) in [7, 11) is -3.87. The molecular formula is C23H24Cl4N2O3S. The number of alkyl halides is 2. The van der Waals surface area contributed by atoms with Crippen LogP contribution < -0.4 is 9.46 Å². The van der Waals surface area contributed by atoms with Crippen molar-refractivity contribution >= 4 is 73.0 Å². The Morgan fingerprint density at radius 2 is 1.73 bits per heavy atom. The number of fused-ring (bicyclic) bond motifs is 1. The summed E-state index contributed by atoms with van der Waals surface area (Å²) < 4.78 is 34.6. The number of halogens is 4. The lowest BCUT2D eigenvalue weighted by Gasteiger charge is -2.29. The van der Waals surface area contributed by atoms with Crippen LogP contribution in [0.5, 0.6) is 11.5 Å². The number of rotatable bonds is 9. The van der Waals surface area contributed by atoms with Gasteiger partial charge < -0.3 is 4.74 Å². The van der Waals surface area contributed by atoms with Gasteiger partial charge in [-0.15, -0.1) is 23.2 Å². The van der Waals surface area contributed by atoms with Gasteiger partial charge in [0.1, 0.15) is 5.75 Å². The Hall–Kier alpha value is -1.44. The zero-order chi connectivity index (χ0) is 24.4. The van der Waals surface area contributed by atoms with E-state index < -0.39 is 20.1 Å². The van der Waals surface area contributed by atoms with E-state index in [2.05, 4.69) is 9.71 Å². The summed E-state index contributed by atoms with van der Waals surface area (Å²) in [6.07, 6.45) is 2.36. The molecule has 1 aromatic heterocycles. The summed E-state index contributed by atoms with van der Waals surface area (Å²) in [4.78, 5) is 3.33. The maximum atomic E-state index is 13.1. The first-order valence-electron chi connectivity index (χ1n) is 10.2. The molecule has 1 heterocycles. The molecule has 3 rings (SSSR count). The Balaban J connectivity index is 1.85. The molecule has 2 atom stereocenters. The fraction of sp³-hybridized carbons (Fsp3) is 0.348. The van der Waals surface area contributed by atoms with E-state index in [0.717, 1.165) is 10.9 Å². The Bertz CT molecular complexity index is 1220. The topological polar surface area (TPSA) is 68.3 Å². The van der Waals surface area contributed by atoms with Gasteiger partial charge in [0, 0.05) is 10.8 Å². The van der Waals surface area contributed by atoms with Crippen LogP contribution in [0.25, 0.3) is 10.9 Å². The summed E-state index contributed by atoms with van der Waals surface area (Å²) in [6, 6.07) is 12.3. The molecule has 0 amide bonds. The minimum atomic E-state index is -3.87. The van der Waals surface area contributed by atoms with Crippen molar-refractivity contribution in [1.29, 1.82) is 0 Å². The van der Waals surface area contributed by atoms with Crippen LogP contribution >= 0.6 is 46.4 Å². The highest BCUT2D eigenvalue weighted by Gasteiger charge is 2.38. The second-order valence-electron chi connectivity index (χ2n) is 8.29. The molecule has 0 saturated heterocycles. The number of nitrogens with zero attached hydrogens (tertiary/aromatic N) is 1. The van der Waals surface area contributed by atoms with Crippen LogP contribution in [-0.2, 0) is 10.0 Å². The largest absolute Gasteiger partial charge is 0.453 e. The van der Waals surface area contributed by atoms with Crippen molar-refractivity contribution in [3.63, 3.8) is 0 Å². The van der Waals surface area contributed by atoms with Gasteiger partial charge in [-0.1, -0.05) is 41.4 Å². The molecule has 0 aliphatic heterocycles. The number of ether oxygens (including phenoxy) is 1. The van der Waals surface area contributed by atoms with Gasteiger partial charge in [-0.25, -0.2) is 8.42 Å². The lowest BCUT2D eigenvalue weighted by Crippen LogP contribution is -2.41. The molecule has 2 unspecified atom stereocenters. The predicted octanol–water partition coefficient (Wildman–Crippen LogP) is 7.87. The number of sulfonamides is 1. The molecule has 33 heavy (non-hydrogen) atoms. The number of hydrogen-bond acceptors (Lipinski definition) is 4. The van der Waals surface area contributed by atoms with Crippen LogP contribution in [0.4, 0.5) is 5.69 Å². The number of para-hydroxylation sites is 1. The summed E-state index contributed by atoms with van der Waals surface area (Å²) >= 11 is 25.2. The quantitative estimate of drug-likeness (QED) is 0.276. The van der Waals surface area contributed by atoms with Crippen LogP contribution in [0.15, 0.2) is 48.7 Å². The van der Waals surface area contributed by atoms with Gasteiger partial charge in [0.15, 0.2) is 5.75 Å². The maximum absolute atomic E-state index is 13.1. The maximum Gasteiger partial charge on any atom is 0.237 e. The van der Waals surface area contributed by atoms with E-state index in [4.69, 9.17) is 51.1 Å². The normalized spacial score (nSPS) is 14.2. The SMILES string of the molecule is CC(Cl)CCC(C(C)(C)Cl)S(=O)(=O)Nc1cc(Cl)c(Oc2cnc3ccccc3c2)c(Cl)c1. The van der Waals surface area contributed by atoms with Crippen LogP contribution in [0, 0.1) is 0 Å². The average Bonchev–Trinajstić information content (AvgIpc) is 2.69. The van der Waals surface area contributed by atoms with Crippen molar-refractivity contribution in [1.82, 2.24) is 4.98 Å². The number of nitrogens with one attached hydrogen (secondary N) is 1. The minimum Gasteiger partial charge on any atom is -0.453 e. The van der Waals surface area contributed by atoms with Crippen LogP contribution in [0.1, 0.15) is 33.6 Å². The highest BCUT2D eigenvalue weighted by atomic mass is 35.5. The Morgan fingerprint density at radius 3 is 2.33 bits per heavy atom. The predicted molar refractivity (Wildman–Crippen MR) is 139 cm³/mol. The van der Waals surface area contributed by atoms with E-state index in [0.29, 0.717) is 18.6 Å². The van der Waals surface area contributed by atoms with E-state index in [9.17, 15) is 8.42 Å². The Labute approximate surface area is 214 Å². The molecule has 0 aliphatic rings. The first kappa shape index (κ1) is 26.2. The molecule has 0 radical (unpaired) electrons. The minimum absolute atomic E-state index is 0.143. The van der Waals surface area contributed by atoms with Crippen LogP contribution in [-0.4, -0.2) is 28.9 Å². The molecule has 0 saturated carbocycles. The first-order valence-corrected chi connectivity index (χ1v) is 13.3. The van der Waals surface area contributed by atoms with Crippen molar-refractivity contribution in [3.8, 4) is 11.5 Å². The Morgan fingerprint density at radius 1 is 1.09 bits per heavy atom. The smallest absolute Gasteiger partial charge is 0.237 e. The lowest BCUT2D eigenvalue weighted by molar-refractivity contribution is 0.482. The number of hydrogen-bond donors (Lipinski definition) is 1. The van der Waals surface area contributed by atoms with Gasteiger partial charge >= 0.3 is 0 Å². The molecule has 0 aliphatic carbocycles. The highest BCUT2D eigenvalue weighted by molar-refractivity contribution is 7.93. The molecule has 5 nitrogen and oxygen atoms in total. The third kappa shape index (κ3) is 6.80. The van der Waals surface area contributed by atoms with Crippen molar-refractivity contribution in [2.24, 2.45) is 0 Å². The number of aromatic nitrogens is 1. The molecule has 0 spiro atoms. The summed E-state index contributed by atoms with van der Waals surface area (Å²) in [5, 5.41) is 0.123. The van der Waals surface area contributed by atoms with E-state index in [-0.39, 0.29) is 26.9 Å². The molecule has 1 N–H and O–H groups in total. The molecular weight excluding hydrogens is 526 g/mol. The standard InChI is InChI=1S/C23H24Cl4N2O3S/c1-14(24)8-9-21(23(2,3)27)33(30,31)29-16-11-18(25)22(19(26)12-16)32-17-10-15-6-4-5-7-20(15)28-13-17/h4-7,10-14,21,29H,8-9H2,1-3H3. The third-order valence-electron chi connectivity index (χ3n) is 5.01. The zero-order valence-electron chi connectivity index (χ0n) is 18.3. The van der Waals surface area contributed by atoms with Crippen molar-refractivity contribution in [2.45, 2.75) is 49.1 Å². The third-order valence-corrected chi connectivity index (χ3v) is 8.28. The van der Waals surface area contributed by atoms with Gasteiger partial charge in [0.2, 0.25) is 10.0 Å². The van der Waals surface area contributed by atoms with E-state index in [1.165, 1.54) is 12.1 Å². The van der Waals surface area contributed by atoms with Gasteiger partial charge in [-0.3, -0.25) is 9.71 Å². The summed E-state index contributed by atoms with van der Waals surface area (Å²) in [5.74, 6) is 0.647. The second kappa shape index (κ2) is 10.4. The van der Waals surface area contributed by atoms with Crippen molar-refractivity contribution in [2.75, 3.05) is 4.72 Å². The van der Waals surface area contributed by atoms with Gasteiger partial charge in [0.05, 0.1) is 37.6 Å². The fourth-order valence-corrected chi connectivity index (χ4v) is 6.35. The summed E-state index contributed by atoms with van der Waals surface area (Å²) in [6.45, 7) is 5.13. The molecule has 0 fully saturated rings. The number of pyridine rings is 1. The number of benzene rings is 2. The molecule has 10 heteroatoms. The molecule has 3 aromatic rings. The fourth-order valence-electron chi connectivity index (χ4n) is 3.42. The molecule has 0 bridgehead atoms. The number of anilines is 1. The first-order chi connectivity index (χ1) is 15.4. The van der Waals surface area contributed by atoms with Crippen LogP contribution in [0.2, 0.25) is 10.0 Å². The Kier molecular flexibility index (Phi) is 8.28. The van der Waals surface area contributed by atoms with Gasteiger partial charge in [-0.05, 0) is 57.9 Å². The monoisotopic (exact) mass is 548 g/mol. The van der Waals surface area contributed by atoms with Crippen molar-refractivity contribution < 1.29 is 13.2 Å². The van der Waals surface area contributed by atoms with Crippen LogP contribution in [0.3, 0.4) is 0 Å². The van der Waals surface area contributed by atoms with E-state index in [1.54, 1.807) is 20.0 Å². The second-order valence-corrected chi connectivity index (χ2v) is 12.7. The average molecular weight is 550 g/mol. The van der Waals surface area contributed by atoms with E-state index >= 15 is 0 Å². The van der Waals surface area contributed by atoms with E-state index in [1.807, 2.05) is 37.3 Å². The molecule has 178 valence electrons. The van der Waals surface area contributed by atoms with Gasteiger partial charge in [0.25, 0.3) is 0 Å². The molecule has 2 aromatic carbocycles. The van der Waals surface area contributed by atoms with Crippen molar-refractivity contribution in [3.05, 3.63) is 58.7 Å². The highest BCUT2D eigenvalue weighted by Crippen LogP contribution is 2.40. The lowest BCUT2D eigenvalue weighted by atomic mass is 10.0. The summed E-state index contributed by atoms with van der Waals surface area (Å²) in [5.41, 5.74) is 1.03. The van der Waals surface area contributed by atoms with Gasteiger partial charge in [-0.2, -0.15) is 0 Å². The zero-order valence-corrected chi connectivity index (χ0v) is 22.1.